The molecule has 3 rings (SSSR count). The molecule has 8 heteroatoms. The maximum atomic E-state index is 11.7. The van der Waals surface area contributed by atoms with Gasteiger partial charge in [-0.25, -0.2) is 4.79 Å². The minimum Gasteiger partial charge on any atom is -0.455 e. The van der Waals surface area contributed by atoms with E-state index in [1.807, 2.05) is 13.0 Å². The average Bonchev–Trinajstić information content (AvgIpc) is 3.77. The van der Waals surface area contributed by atoms with Gasteiger partial charge in [0.2, 0.25) is 0 Å². The fourth-order valence-electron chi connectivity index (χ4n) is 7.29. The number of hydrogen-bond acceptors (Lipinski definition) is 8. The van der Waals surface area contributed by atoms with E-state index in [4.69, 9.17) is 14.2 Å². The molecule has 8 nitrogen and oxygen atoms in total. The second kappa shape index (κ2) is 21.8. The van der Waals surface area contributed by atoms with E-state index >= 15 is 0 Å². The summed E-state index contributed by atoms with van der Waals surface area (Å²) in [4.78, 5) is 11.7. The summed E-state index contributed by atoms with van der Waals surface area (Å²) in [7, 11) is 0. The van der Waals surface area contributed by atoms with Crippen LogP contribution < -0.4 is 0 Å². The highest BCUT2D eigenvalue weighted by atomic mass is 16.6. The molecule has 45 heavy (non-hydrogen) atoms. The van der Waals surface area contributed by atoms with Crippen LogP contribution in [-0.2, 0) is 19.0 Å². The maximum Gasteiger partial charge on any atom is 0.334 e. The second-order valence-electron chi connectivity index (χ2n) is 14.2. The molecule has 0 aromatic carbocycles. The van der Waals surface area contributed by atoms with Crippen molar-refractivity contribution in [3.05, 3.63) is 11.6 Å². The topological polar surface area (TPSA) is 126 Å². The van der Waals surface area contributed by atoms with E-state index in [1.165, 1.54) is 25.7 Å². The van der Waals surface area contributed by atoms with Gasteiger partial charge in [0.15, 0.2) is 0 Å². The zero-order valence-electron chi connectivity index (χ0n) is 28.5. The van der Waals surface area contributed by atoms with E-state index in [0.29, 0.717) is 12.0 Å². The van der Waals surface area contributed by atoms with Gasteiger partial charge in [-0.05, 0) is 70.8 Å². The molecule has 262 valence electrons. The van der Waals surface area contributed by atoms with Gasteiger partial charge in [0.1, 0.15) is 6.10 Å². The zero-order chi connectivity index (χ0) is 32.4. The summed E-state index contributed by atoms with van der Waals surface area (Å²) in [5.74, 6) is -0.286. The summed E-state index contributed by atoms with van der Waals surface area (Å²) in [5.41, 5.74) is 0.611. The van der Waals surface area contributed by atoms with Gasteiger partial charge < -0.3 is 34.6 Å². The molecule has 9 atom stereocenters. The first-order chi connectivity index (χ1) is 21.8. The minimum absolute atomic E-state index is 0.0196. The number of carbonyl (C=O) groups excluding carboxylic acids is 1. The van der Waals surface area contributed by atoms with Gasteiger partial charge in [-0.1, -0.05) is 90.4 Å². The first kappa shape index (κ1) is 38.4. The molecule has 2 fully saturated rings. The number of cyclic esters (lactones) is 1. The van der Waals surface area contributed by atoms with Crippen molar-refractivity contribution in [2.75, 3.05) is 0 Å². The van der Waals surface area contributed by atoms with Crippen LogP contribution in [0.4, 0.5) is 0 Å². The molecule has 0 saturated carbocycles. The number of ether oxygens (including phenoxy) is 3. The molecule has 3 aliphatic heterocycles. The van der Waals surface area contributed by atoms with Crippen molar-refractivity contribution in [2.45, 2.75) is 216 Å². The Morgan fingerprint density at radius 1 is 0.644 bits per heavy atom. The monoisotopic (exact) mass is 638 g/mol. The number of esters is 1. The van der Waals surface area contributed by atoms with E-state index in [-0.39, 0.29) is 42.6 Å². The van der Waals surface area contributed by atoms with E-state index < -0.39 is 18.3 Å². The molecular formula is C37H66O8. The quantitative estimate of drug-likeness (QED) is 0.0634. The van der Waals surface area contributed by atoms with E-state index in [0.717, 1.165) is 116 Å². The van der Waals surface area contributed by atoms with Crippen LogP contribution in [-0.4, -0.2) is 81.3 Å². The smallest absolute Gasteiger partial charge is 0.334 e. The molecule has 3 aliphatic rings. The number of unbranched alkanes of at least 4 members (excludes halogenated alkanes) is 10. The fraction of sp³-hybridized carbons (Fsp3) is 0.919. The Bertz CT molecular complexity index is 833. The Morgan fingerprint density at radius 2 is 1.09 bits per heavy atom. The summed E-state index contributed by atoms with van der Waals surface area (Å²) in [5, 5.41) is 41.6. The predicted molar refractivity (Wildman–Crippen MR) is 177 cm³/mol. The van der Waals surface area contributed by atoms with Crippen LogP contribution in [0.2, 0.25) is 0 Å². The van der Waals surface area contributed by atoms with Crippen molar-refractivity contribution >= 4 is 5.97 Å². The summed E-state index contributed by atoms with van der Waals surface area (Å²) in [6.45, 7) is 3.98. The standard InChI is InChI=1S/C37H66O8/c1-3-4-16-29(38)17-13-11-15-20-32(41)34-22-24-36(45-34)35-23-21-33(44-35)31(40)19-14-10-8-6-5-7-9-12-18-30(39)26-28-25-27(2)43-37(28)42/h25,27,29-36,38-41H,3-24,26H2,1-2H3/t27-,29-,30+,31+,32-,33+,34+,35+,36+/m0/s1. The highest BCUT2D eigenvalue weighted by Crippen LogP contribution is 2.34. The third-order valence-electron chi connectivity index (χ3n) is 10.1. The Hall–Kier alpha value is -1.03. The van der Waals surface area contributed by atoms with E-state index in [9.17, 15) is 25.2 Å². The highest BCUT2D eigenvalue weighted by molar-refractivity contribution is 5.90. The van der Waals surface area contributed by atoms with Gasteiger partial charge in [0.25, 0.3) is 0 Å². The molecule has 4 N–H and O–H groups in total. The lowest BCUT2D eigenvalue weighted by Gasteiger charge is -2.24. The van der Waals surface area contributed by atoms with Crippen molar-refractivity contribution in [1.29, 1.82) is 0 Å². The van der Waals surface area contributed by atoms with Crippen LogP contribution in [0.25, 0.3) is 0 Å². The second-order valence-corrected chi connectivity index (χ2v) is 14.2. The van der Waals surface area contributed by atoms with Gasteiger partial charge in [0, 0.05) is 12.0 Å². The Balaban J connectivity index is 1.14. The third kappa shape index (κ3) is 14.7. The van der Waals surface area contributed by atoms with E-state index in [1.54, 1.807) is 0 Å². The van der Waals surface area contributed by atoms with Crippen LogP contribution in [0.1, 0.15) is 162 Å². The largest absolute Gasteiger partial charge is 0.455 e. The summed E-state index contributed by atoms with van der Waals surface area (Å²) in [6.07, 6.45) is 22.1. The predicted octanol–water partition coefficient (Wildman–Crippen LogP) is 6.83. The Morgan fingerprint density at radius 3 is 1.58 bits per heavy atom. The van der Waals surface area contributed by atoms with Crippen LogP contribution in [0.3, 0.4) is 0 Å². The van der Waals surface area contributed by atoms with Gasteiger partial charge >= 0.3 is 5.97 Å². The Kier molecular flexibility index (Phi) is 18.6. The zero-order valence-corrected chi connectivity index (χ0v) is 28.5. The molecule has 0 aromatic heterocycles. The lowest BCUT2D eigenvalue weighted by atomic mass is 10.00. The van der Waals surface area contributed by atoms with Crippen molar-refractivity contribution in [3.8, 4) is 0 Å². The van der Waals surface area contributed by atoms with Crippen LogP contribution in [0, 0.1) is 0 Å². The molecule has 0 aliphatic carbocycles. The van der Waals surface area contributed by atoms with Gasteiger partial charge in [0.05, 0.1) is 48.8 Å². The molecule has 0 aromatic rings. The van der Waals surface area contributed by atoms with Crippen LogP contribution >= 0.6 is 0 Å². The summed E-state index contributed by atoms with van der Waals surface area (Å²) >= 11 is 0. The SMILES string of the molecule is CCCC[C@H](O)CCCCC[C@H](O)[C@H]1CC[C@H]([C@H]2CC[C@H]([C@H](O)CCCCCCCCCC[C@@H](O)CC3=C[C@H](C)OC3=O)O2)O1. The third-order valence-corrected chi connectivity index (χ3v) is 10.1. The number of aliphatic hydroxyl groups excluding tert-OH is 4. The minimum atomic E-state index is -0.470. The highest BCUT2D eigenvalue weighted by Gasteiger charge is 2.40. The average molecular weight is 639 g/mol. The molecule has 0 amide bonds. The molecule has 2 saturated heterocycles. The molecule has 0 unspecified atom stereocenters. The number of aliphatic hydroxyl groups is 4. The van der Waals surface area contributed by atoms with Crippen molar-refractivity contribution in [2.24, 2.45) is 0 Å². The van der Waals surface area contributed by atoms with Gasteiger partial charge in [-0.2, -0.15) is 0 Å². The van der Waals surface area contributed by atoms with Gasteiger partial charge in [-0.15, -0.1) is 0 Å². The normalized spacial score (nSPS) is 27.8. The summed E-state index contributed by atoms with van der Waals surface area (Å²) < 4.78 is 17.6. The lowest BCUT2D eigenvalue weighted by molar-refractivity contribution is -0.139. The fourth-order valence-corrected chi connectivity index (χ4v) is 7.29. The molecule has 0 spiro atoms. The molecular weight excluding hydrogens is 572 g/mol. The first-order valence-electron chi connectivity index (χ1n) is 18.7. The Labute approximate surface area is 273 Å². The number of carbonyl (C=O) groups is 1. The van der Waals surface area contributed by atoms with Crippen molar-refractivity contribution in [1.82, 2.24) is 0 Å². The maximum absolute atomic E-state index is 11.7. The van der Waals surface area contributed by atoms with E-state index in [2.05, 4.69) is 6.92 Å². The van der Waals surface area contributed by atoms with Crippen molar-refractivity contribution < 1.29 is 39.4 Å². The van der Waals surface area contributed by atoms with Crippen LogP contribution in [0.15, 0.2) is 11.6 Å². The van der Waals surface area contributed by atoms with Crippen molar-refractivity contribution in [3.63, 3.8) is 0 Å². The van der Waals surface area contributed by atoms with Crippen LogP contribution in [0.5, 0.6) is 0 Å². The number of hydrogen-bond donors (Lipinski definition) is 4. The van der Waals surface area contributed by atoms with Gasteiger partial charge in [-0.3, -0.25) is 0 Å². The number of rotatable bonds is 25. The molecule has 3 heterocycles. The lowest BCUT2D eigenvalue weighted by Crippen LogP contribution is -2.33. The molecule has 0 bridgehead atoms. The molecule has 0 radical (unpaired) electrons. The summed E-state index contributed by atoms with van der Waals surface area (Å²) in [6, 6.07) is 0. The first-order valence-corrected chi connectivity index (χ1v) is 18.7.